The Labute approximate surface area is 112 Å². The summed E-state index contributed by atoms with van der Waals surface area (Å²) in [6.45, 7) is -0.585. The first kappa shape index (κ1) is 13.9. The van der Waals surface area contributed by atoms with E-state index in [1.165, 1.54) is 22.8 Å². The van der Waals surface area contributed by atoms with Gasteiger partial charge in [0.1, 0.15) is 4.90 Å². The molecule has 0 unspecified atom stereocenters. The number of aliphatic hydroxyl groups is 1. The third-order valence-corrected chi connectivity index (χ3v) is 4.36. The van der Waals surface area contributed by atoms with E-state index in [1.807, 2.05) is 0 Å². The van der Waals surface area contributed by atoms with Crippen LogP contribution < -0.4 is 4.72 Å². The van der Waals surface area contributed by atoms with E-state index in [9.17, 15) is 17.2 Å². The van der Waals surface area contributed by atoms with Crippen molar-refractivity contribution in [1.82, 2.24) is 0 Å². The number of sulfonamides is 1. The summed E-state index contributed by atoms with van der Waals surface area (Å²) in [5.41, 5.74) is 0.240. The van der Waals surface area contributed by atoms with Gasteiger partial charge in [0.2, 0.25) is 0 Å². The maximum atomic E-state index is 13.6. The quantitative estimate of drug-likeness (QED) is 0.911. The first-order chi connectivity index (χ1) is 8.94. The summed E-state index contributed by atoms with van der Waals surface area (Å²) < 4.78 is 52.8. The standard InChI is InChI=1S/C11H9F2NO3S2/c12-9-3-7(5-15)4-10(11(9)13)19(16,17)14-8-1-2-18-6-8/h1-4,6,14-15H,5H2. The minimum atomic E-state index is -4.24. The van der Waals surface area contributed by atoms with Gasteiger partial charge in [-0.15, -0.1) is 0 Å². The number of halogens is 2. The molecule has 2 aromatic rings. The zero-order valence-corrected chi connectivity index (χ0v) is 11.1. The summed E-state index contributed by atoms with van der Waals surface area (Å²) in [7, 11) is -4.24. The molecule has 0 radical (unpaired) electrons. The highest BCUT2D eigenvalue weighted by atomic mass is 32.2. The summed E-state index contributed by atoms with van der Waals surface area (Å²) in [5.74, 6) is -2.79. The second-order valence-electron chi connectivity index (χ2n) is 3.67. The van der Waals surface area contributed by atoms with E-state index in [0.29, 0.717) is 0 Å². The van der Waals surface area contributed by atoms with Gasteiger partial charge in [-0.05, 0) is 29.1 Å². The van der Waals surface area contributed by atoms with Crippen molar-refractivity contribution in [3.8, 4) is 0 Å². The summed E-state index contributed by atoms with van der Waals surface area (Å²) >= 11 is 1.26. The molecule has 0 saturated carbocycles. The largest absolute Gasteiger partial charge is 0.392 e. The molecule has 2 N–H and O–H groups in total. The van der Waals surface area contributed by atoms with Gasteiger partial charge in [0, 0.05) is 5.38 Å². The fourth-order valence-electron chi connectivity index (χ4n) is 1.44. The second-order valence-corrected chi connectivity index (χ2v) is 6.10. The lowest BCUT2D eigenvalue weighted by molar-refractivity contribution is 0.280. The lowest BCUT2D eigenvalue weighted by atomic mass is 10.2. The average molecular weight is 305 g/mol. The Morgan fingerprint density at radius 1 is 1.32 bits per heavy atom. The van der Waals surface area contributed by atoms with Gasteiger partial charge in [-0.2, -0.15) is 11.3 Å². The molecule has 0 amide bonds. The summed E-state index contributed by atoms with van der Waals surface area (Å²) in [5, 5.41) is 12.1. The van der Waals surface area contributed by atoms with Crippen LogP contribution in [0.5, 0.6) is 0 Å². The molecule has 0 bridgehead atoms. The Hall–Kier alpha value is -1.51. The first-order valence-corrected chi connectivity index (χ1v) is 7.50. The van der Waals surface area contributed by atoms with Crippen molar-refractivity contribution in [2.75, 3.05) is 4.72 Å². The highest BCUT2D eigenvalue weighted by Crippen LogP contribution is 2.23. The molecule has 0 aliphatic rings. The van der Waals surface area contributed by atoms with Gasteiger partial charge in [0.05, 0.1) is 12.3 Å². The van der Waals surface area contributed by atoms with E-state index >= 15 is 0 Å². The van der Waals surface area contributed by atoms with Gasteiger partial charge in [-0.25, -0.2) is 17.2 Å². The molecule has 0 aliphatic carbocycles. The minimum Gasteiger partial charge on any atom is -0.392 e. The smallest absolute Gasteiger partial charge is 0.264 e. The van der Waals surface area contributed by atoms with Crippen LogP contribution in [0.25, 0.3) is 0 Å². The zero-order valence-electron chi connectivity index (χ0n) is 9.43. The Balaban J connectivity index is 2.48. The highest BCUT2D eigenvalue weighted by molar-refractivity contribution is 7.92. The van der Waals surface area contributed by atoms with Crippen LogP contribution in [0.15, 0.2) is 33.9 Å². The van der Waals surface area contributed by atoms with E-state index in [2.05, 4.69) is 4.72 Å². The van der Waals surface area contributed by atoms with E-state index < -0.39 is 33.2 Å². The van der Waals surface area contributed by atoms with Crippen LogP contribution in [0, 0.1) is 11.6 Å². The molecule has 1 heterocycles. The van der Waals surface area contributed by atoms with Gasteiger partial charge in [-0.3, -0.25) is 4.72 Å². The van der Waals surface area contributed by atoms with E-state index in [0.717, 1.165) is 12.1 Å². The molecule has 8 heteroatoms. The summed E-state index contributed by atoms with van der Waals surface area (Å²) in [6, 6.07) is 3.14. The number of thiophene rings is 1. The molecular formula is C11H9F2NO3S2. The molecule has 1 aromatic heterocycles. The maximum Gasteiger partial charge on any atom is 0.264 e. The number of anilines is 1. The zero-order chi connectivity index (χ0) is 14.0. The SMILES string of the molecule is O=S(=O)(Nc1ccsc1)c1cc(CO)cc(F)c1F. The van der Waals surface area contributed by atoms with Crippen LogP contribution in [0.4, 0.5) is 14.5 Å². The summed E-state index contributed by atoms with van der Waals surface area (Å²) in [6.07, 6.45) is 0. The van der Waals surface area contributed by atoms with E-state index in [1.54, 1.807) is 5.38 Å². The lowest BCUT2D eigenvalue weighted by Crippen LogP contribution is -2.15. The molecule has 1 aromatic carbocycles. The lowest BCUT2D eigenvalue weighted by Gasteiger charge is -2.09. The molecule has 4 nitrogen and oxygen atoms in total. The van der Waals surface area contributed by atoms with Gasteiger partial charge in [0.25, 0.3) is 10.0 Å². The van der Waals surface area contributed by atoms with Crippen LogP contribution in [0.3, 0.4) is 0 Å². The number of nitrogens with one attached hydrogen (secondary N) is 1. The van der Waals surface area contributed by atoms with Crippen molar-refractivity contribution in [2.24, 2.45) is 0 Å². The van der Waals surface area contributed by atoms with Crippen LogP contribution in [-0.4, -0.2) is 13.5 Å². The Morgan fingerprint density at radius 3 is 2.63 bits per heavy atom. The van der Waals surface area contributed by atoms with Crippen molar-refractivity contribution in [3.63, 3.8) is 0 Å². The fraction of sp³-hybridized carbons (Fsp3) is 0.0909. The number of benzene rings is 1. The number of rotatable bonds is 4. The van der Waals surface area contributed by atoms with Crippen molar-refractivity contribution >= 4 is 27.0 Å². The normalized spacial score (nSPS) is 11.5. The number of hydrogen-bond donors (Lipinski definition) is 2. The molecule has 0 atom stereocenters. The number of aliphatic hydroxyl groups excluding tert-OH is 1. The van der Waals surface area contributed by atoms with Crippen molar-refractivity contribution in [3.05, 3.63) is 46.2 Å². The van der Waals surface area contributed by atoms with Crippen LogP contribution in [-0.2, 0) is 16.6 Å². The summed E-state index contributed by atoms with van der Waals surface area (Å²) in [4.78, 5) is -0.831. The maximum absolute atomic E-state index is 13.6. The molecule has 0 fully saturated rings. The predicted octanol–water partition coefficient (Wildman–Crippen LogP) is 2.32. The molecule has 0 saturated heterocycles. The van der Waals surface area contributed by atoms with Crippen molar-refractivity contribution in [2.45, 2.75) is 11.5 Å². The second kappa shape index (κ2) is 5.24. The molecule has 2 rings (SSSR count). The monoisotopic (exact) mass is 305 g/mol. The van der Waals surface area contributed by atoms with Gasteiger partial charge < -0.3 is 5.11 Å². The Bertz CT molecular complexity index is 684. The van der Waals surface area contributed by atoms with Crippen LogP contribution in [0.2, 0.25) is 0 Å². The Morgan fingerprint density at radius 2 is 2.05 bits per heavy atom. The molecule has 102 valence electrons. The Kier molecular flexibility index (Phi) is 3.83. The van der Waals surface area contributed by atoms with E-state index in [-0.39, 0.29) is 11.3 Å². The topological polar surface area (TPSA) is 66.4 Å². The number of hydrogen-bond acceptors (Lipinski definition) is 4. The third-order valence-electron chi connectivity index (χ3n) is 2.30. The van der Waals surface area contributed by atoms with Gasteiger partial charge in [0.15, 0.2) is 11.6 Å². The van der Waals surface area contributed by atoms with E-state index in [4.69, 9.17) is 5.11 Å². The molecule has 0 spiro atoms. The highest BCUT2D eigenvalue weighted by Gasteiger charge is 2.23. The molecule has 0 aliphatic heterocycles. The fourth-order valence-corrected chi connectivity index (χ4v) is 3.29. The minimum absolute atomic E-state index is 0.0235. The van der Waals surface area contributed by atoms with Crippen molar-refractivity contribution < 1.29 is 22.3 Å². The third kappa shape index (κ3) is 2.91. The average Bonchev–Trinajstić information content (AvgIpc) is 2.84. The predicted molar refractivity (Wildman–Crippen MR) is 67.4 cm³/mol. The van der Waals surface area contributed by atoms with Gasteiger partial charge in [-0.1, -0.05) is 0 Å². The molecule has 19 heavy (non-hydrogen) atoms. The van der Waals surface area contributed by atoms with Crippen LogP contribution in [0.1, 0.15) is 5.56 Å². The van der Waals surface area contributed by atoms with Gasteiger partial charge >= 0.3 is 0 Å². The molecular weight excluding hydrogens is 296 g/mol. The van der Waals surface area contributed by atoms with Crippen LogP contribution >= 0.6 is 11.3 Å². The van der Waals surface area contributed by atoms with Crippen molar-refractivity contribution in [1.29, 1.82) is 0 Å². The first-order valence-electron chi connectivity index (χ1n) is 5.08.